The predicted octanol–water partition coefficient (Wildman–Crippen LogP) is 4.66. The van der Waals surface area contributed by atoms with Gasteiger partial charge < -0.3 is 0 Å². The molecule has 10 fully saturated rings. The molecular formula is C18H14FeO. The number of hydrogen-bond acceptors (Lipinski definition) is 1. The Labute approximate surface area is 106 Å². The summed E-state index contributed by atoms with van der Waals surface area (Å²) in [5.41, 5.74) is 2.46. The van der Waals surface area contributed by atoms with E-state index >= 15 is 0 Å². The molecule has 1 aromatic carbocycles. The summed E-state index contributed by atoms with van der Waals surface area (Å²) in [6.45, 7) is -3.17. The number of carbonyl (C=O) groups excluding carboxylic acids is 1. The Kier molecular flexibility index (Phi) is 0.252. The maximum atomic E-state index is 12.0. The third-order valence-corrected chi connectivity index (χ3v) is 58.5. The van der Waals surface area contributed by atoms with Crippen molar-refractivity contribution in [1.29, 1.82) is 0 Å². The van der Waals surface area contributed by atoms with Crippen molar-refractivity contribution in [2.75, 3.05) is 0 Å². The first kappa shape index (κ1) is 7.45. The minimum absolute atomic E-state index is 0.558. The van der Waals surface area contributed by atoms with Crippen LogP contribution >= 0.6 is 0 Å². The average Bonchev–Trinajstić information content (AvgIpc) is 3.43. The summed E-state index contributed by atoms with van der Waals surface area (Å²) in [4.78, 5) is 23.3. The quantitative estimate of drug-likeness (QED) is 0.573. The van der Waals surface area contributed by atoms with E-state index in [0.29, 0.717) is 4.31 Å². The van der Waals surface area contributed by atoms with Gasteiger partial charge in [0.25, 0.3) is 0 Å². The van der Waals surface area contributed by atoms with Crippen molar-refractivity contribution in [2.45, 2.75) is 47.7 Å². The predicted molar refractivity (Wildman–Crippen MR) is 72.0 cm³/mol. The van der Waals surface area contributed by atoms with Gasteiger partial charge in [-0.15, -0.1) is 0 Å². The molecule has 0 radical (unpaired) electrons. The summed E-state index contributed by atoms with van der Waals surface area (Å²) >= 11 is 0. The van der Waals surface area contributed by atoms with Crippen molar-refractivity contribution in [1.82, 2.24) is 0 Å². The second-order valence-electron chi connectivity index (χ2n) is 11.5. The molecule has 11 rings (SSSR count). The number of fused-ring (bicyclic) bond motifs is 10. The van der Waals surface area contributed by atoms with E-state index in [9.17, 15) is 4.79 Å². The molecule has 0 bridgehead atoms. The van der Waals surface area contributed by atoms with Gasteiger partial charge >= 0.3 is 106 Å². The van der Waals surface area contributed by atoms with E-state index in [4.69, 9.17) is 0 Å². The summed E-state index contributed by atoms with van der Waals surface area (Å²) in [5.74, 6) is 2.54. The summed E-state index contributed by atoms with van der Waals surface area (Å²) in [7, 11) is 0. The molecule has 0 saturated carbocycles. The molecule has 1 aromatic rings. The van der Waals surface area contributed by atoms with E-state index in [1.807, 2.05) is 0 Å². The molecule has 10 aliphatic rings. The third kappa shape index (κ3) is 0.0836. The molecular weight excluding hydrogens is 288 g/mol. The van der Waals surface area contributed by atoms with Crippen LogP contribution in [0.5, 0.6) is 0 Å². The fraction of sp³-hybridized carbons (Fsp3) is 0.556. The van der Waals surface area contributed by atoms with Crippen LogP contribution < -0.4 is 0 Å². The Morgan fingerprint density at radius 2 is 1.45 bits per heavy atom. The van der Waals surface area contributed by atoms with Crippen LogP contribution in [-0.2, 0) is 11.3 Å². The van der Waals surface area contributed by atoms with E-state index in [1.54, 1.807) is 0 Å². The summed E-state index contributed by atoms with van der Waals surface area (Å²) in [6.07, 6.45) is 0. The molecule has 4 unspecified atom stereocenters. The van der Waals surface area contributed by atoms with Crippen molar-refractivity contribution in [2.24, 2.45) is 0 Å². The molecule has 0 aromatic heterocycles. The summed E-state index contributed by atoms with van der Waals surface area (Å²) in [5, 5.41) is 0. The fourth-order valence-corrected chi connectivity index (χ4v) is 91.8. The van der Waals surface area contributed by atoms with Gasteiger partial charge in [-0.1, -0.05) is 0 Å². The number of rotatable bonds is 2. The van der Waals surface area contributed by atoms with E-state index in [2.05, 4.69) is 36.3 Å². The molecule has 10 heterocycles. The van der Waals surface area contributed by atoms with Crippen molar-refractivity contribution in [3.8, 4) is 0 Å². The van der Waals surface area contributed by atoms with Crippen LogP contribution in [-0.4, -0.2) is 5.94 Å². The Bertz CT molecular complexity index is 1190. The molecule has 100 valence electrons. The number of allylic oxidation sites excluding steroid dienone is 1. The molecule has 20 heavy (non-hydrogen) atoms. The van der Waals surface area contributed by atoms with Crippen molar-refractivity contribution in [3.05, 3.63) is 35.9 Å². The van der Waals surface area contributed by atoms with Crippen LogP contribution in [0, 0.1) is 0 Å². The Hall–Kier alpha value is -0.811. The second kappa shape index (κ2) is 0.676. The van der Waals surface area contributed by atoms with Crippen LogP contribution in [0.3, 0.4) is 0 Å². The number of benzene rings is 1. The van der Waals surface area contributed by atoms with E-state index < -0.39 is 6.51 Å². The first-order valence-electron chi connectivity index (χ1n) is 8.12. The summed E-state index contributed by atoms with van der Waals surface area (Å²) in [6, 6.07) is 10.7. The van der Waals surface area contributed by atoms with Gasteiger partial charge in [0.2, 0.25) is 0 Å². The zero-order valence-corrected chi connectivity index (χ0v) is 11.9. The van der Waals surface area contributed by atoms with Gasteiger partial charge in [-0.3, -0.25) is 0 Å². The standard InChI is InChI=1S/C13H9O.C5H5.Fe/c14-10-13(12-8-4-5-9-12)11-6-2-1-3-7-11;1-2-4-5-3-1;/h1-9H;1-5H;. The first-order chi connectivity index (χ1) is 9.60. The monoisotopic (exact) mass is 302 g/mol. The van der Waals surface area contributed by atoms with Gasteiger partial charge in [-0.2, -0.15) is 0 Å². The van der Waals surface area contributed by atoms with Crippen molar-refractivity contribution in [3.63, 3.8) is 0 Å². The van der Waals surface area contributed by atoms with E-state index in [-0.39, 0.29) is 0 Å². The Morgan fingerprint density at radius 3 is 1.80 bits per heavy atom. The van der Waals surface area contributed by atoms with E-state index in [0.717, 1.165) is 9.63 Å². The molecule has 0 N–H and O–H groups in total. The zero-order chi connectivity index (χ0) is 12.4. The molecule has 1 nitrogen and oxygen atoms in total. The molecule has 4 atom stereocenters. The topological polar surface area (TPSA) is 17.1 Å². The first-order valence-corrected chi connectivity index (χ1v) is 14.4. The SMILES string of the molecule is O=C=C(c1ccccc1)[C]12[CH]3[CH]4[CH]5[CH]1[Fe]45321678[CH]2[CH]1[CH]6[CH]7[CH]28. The van der Waals surface area contributed by atoms with Gasteiger partial charge in [0, 0.05) is 0 Å². The molecule has 0 amide bonds. The third-order valence-electron chi connectivity index (χ3n) is 16.2. The van der Waals surface area contributed by atoms with Crippen LogP contribution in [0.4, 0.5) is 0 Å². The van der Waals surface area contributed by atoms with Gasteiger partial charge in [0.1, 0.15) is 0 Å². The normalized spacial score (nSPS) is 102. The van der Waals surface area contributed by atoms with E-state index in [1.165, 1.54) is 44.9 Å². The van der Waals surface area contributed by atoms with Gasteiger partial charge in [-0.25, -0.2) is 0 Å². The molecule has 1 spiro atoms. The van der Waals surface area contributed by atoms with Crippen LogP contribution in [0.25, 0.3) is 5.57 Å². The van der Waals surface area contributed by atoms with Gasteiger partial charge in [0.15, 0.2) is 0 Å². The Balaban J connectivity index is 1.46. The molecule has 0 aliphatic carbocycles. The van der Waals surface area contributed by atoms with Crippen LogP contribution in [0.1, 0.15) is 5.56 Å². The van der Waals surface area contributed by atoms with Gasteiger partial charge in [0.05, 0.1) is 0 Å². The fourth-order valence-electron chi connectivity index (χ4n) is 17.8. The minimum atomic E-state index is -3.17. The van der Waals surface area contributed by atoms with Crippen LogP contribution in [0.15, 0.2) is 30.3 Å². The maximum absolute atomic E-state index is 12.0. The summed E-state index contributed by atoms with van der Waals surface area (Å²) < 4.78 is 0.558. The molecule has 10 aliphatic heterocycles. The molecule has 2 heteroatoms. The van der Waals surface area contributed by atoms with Gasteiger partial charge in [-0.05, 0) is 0 Å². The van der Waals surface area contributed by atoms with Crippen molar-refractivity contribution < 1.29 is 11.3 Å². The Morgan fingerprint density at radius 1 is 0.900 bits per heavy atom. The number of hydrogen-bond donors (Lipinski definition) is 0. The second-order valence-corrected chi connectivity index (χ2v) is 35.1. The van der Waals surface area contributed by atoms with Crippen LogP contribution in [0.2, 0.25) is 47.7 Å². The van der Waals surface area contributed by atoms with Crippen molar-refractivity contribution >= 4 is 11.5 Å². The zero-order valence-electron chi connectivity index (χ0n) is 10.8. The molecule has 10 saturated heterocycles. The average molecular weight is 302 g/mol.